The van der Waals surface area contributed by atoms with Crippen LogP contribution in [0.4, 0.5) is 0 Å². The lowest BCUT2D eigenvalue weighted by atomic mass is 10.2. The number of rotatable bonds is 4. The number of carbonyl (C=O) groups is 1. The summed E-state index contributed by atoms with van der Waals surface area (Å²) in [7, 11) is 0. The van der Waals surface area contributed by atoms with Crippen LogP contribution in [0.2, 0.25) is 5.02 Å². The Morgan fingerprint density at radius 1 is 1.17 bits per heavy atom. The number of oxime groups is 1. The standard InChI is InChI=1S/C18H13ClN2O2S/c1-12(14-3-2-10-20-11-14)21-23-18(22)17-9-8-16(24-17)13-4-6-15(19)7-5-13/h2-11H,1H3/b21-12+. The van der Waals surface area contributed by atoms with Crippen molar-refractivity contribution in [3.05, 3.63) is 76.4 Å². The molecule has 0 radical (unpaired) electrons. The van der Waals surface area contributed by atoms with Gasteiger partial charge in [-0.15, -0.1) is 11.3 Å². The van der Waals surface area contributed by atoms with Crippen LogP contribution in [0.3, 0.4) is 0 Å². The summed E-state index contributed by atoms with van der Waals surface area (Å²) in [5.74, 6) is -0.483. The van der Waals surface area contributed by atoms with E-state index in [9.17, 15) is 4.79 Å². The minimum Gasteiger partial charge on any atom is -0.312 e. The van der Waals surface area contributed by atoms with E-state index in [1.54, 1.807) is 31.5 Å². The number of pyridine rings is 1. The molecular formula is C18H13ClN2O2S. The Balaban J connectivity index is 1.71. The number of nitrogens with zero attached hydrogens (tertiary/aromatic N) is 2. The van der Waals surface area contributed by atoms with E-state index in [-0.39, 0.29) is 0 Å². The normalized spacial score (nSPS) is 11.3. The molecule has 2 aromatic heterocycles. The third kappa shape index (κ3) is 3.88. The average molecular weight is 357 g/mol. The first-order valence-corrected chi connectivity index (χ1v) is 8.35. The van der Waals surface area contributed by atoms with Crippen LogP contribution < -0.4 is 0 Å². The van der Waals surface area contributed by atoms with E-state index in [0.29, 0.717) is 15.6 Å². The minimum absolute atomic E-state index is 0.483. The average Bonchev–Trinajstić information content (AvgIpc) is 3.11. The third-order valence-corrected chi connectivity index (χ3v) is 4.65. The Labute approximate surface area is 148 Å². The maximum Gasteiger partial charge on any atom is 0.375 e. The lowest BCUT2D eigenvalue weighted by Crippen LogP contribution is -2.02. The zero-order valence-corrected chi connectivity index (χ0v) is 14.3. The largest absolute Gasteiger partial charge is 0.375 e. The quantitative estimate of drug-likeness (QED) is 0.373. The maximum atomic E-state index is 12.1. The number of carbonyl (C=O) groups excluding carboxylic acids is 1. The van der Waals surface area contributed by atoms with E-state index >= 15 is 0 Å². The molecule has 0 aliphatic heterocycles. The lowest BCUT2D eigenvalue weighted by Gasteiger charge is -1.99. The molecule has 1 aromatic carbocycles. The number of aromatic nitrogens is 1. The van der Waals surface area contributed by atoms with Crippen LogP contribution in [-0.2, 0) is 4.84 Å². The smallest absolute Gasteiger partial charge is 0.312 e. The maximum absolute atomic E-state index is 12.1. The van der Waals surface area contributed by atoms with Crippen molar-refractivity contribution in [3.63, 3.8) is 0 Å². The molecule has 3 rings (SSSR count). The van der Waals surface area contributed by atoms with Crippen LogP contribution in [0.15, 0.2) is 66.1 Å². The van der Waals surface area contributed by atoms with Crippen molar-refractivity contribution in [1.82, 2.24) is 4.98 Å². The highest BCUT2D eigenvalue weighted by Gasteiger charge is 2.12. The van der Waals surface area contributed by atoms with E-state index < -0.39 is 5.97 Å². The second-order valence-corrected chi connectivity index (χ2v) is 6.49. The third-order valence-electron chi connectivity index (χ3n) is 3.28. The summed E-state index contributed by atoms with van der Waals surface area (Å²) in [5.41, 5.74) is 2.39. The molecule has 0 saturated carbocycles. The Kier molecular flexibility index (Phi) is 5.03. The minimum atomic E-state index is -0.483. The number of hydrogen-bond donors (Lipinski definition) is 0. The van der Waals surface area contributed by atoms with E-state index in [4.69, 9.17) is 16.4 Å². The molecule has 0 aliphatic carbocycles. The summed E-state index contributed by atoms with van der Waals surface area (Å²) in [5, 5.41) is 4.56. The van der Waals surface area contributed by atoms with Crippen LogP contribution in [-0.4, -0.2) is 16.7 Å². The first kappa shape index (κ1) is 16.4. The SMILES string of the molecule is C/C(=N\OC(=O)c1ccc(-c2ccc(Cl)cc2)s1)c1cccnc1. The lowest BCUT2D eigenvalue weighted by molar-refractivity contribution is 0.0522. The van der Waals surface area contributed by atoms with E-state index in [1.165, 1.54) is 11.3 Å². The molecule has 0 fully saturated rings. The first-order chi connectivity index (χ1) is 11.6. The Morgan fingerprint density at radius 2 is 1.96 bits per heavy atom. The Bertz CT molecular complexity index is 874. The Hall–Kier alpha value is -2.50. The summed E-state index contributed by atoms with van der Waals surface area (Å²) in [4.78, 5) is 22.6. The highest BCUT2D eigenvalue weighted by atomic mass is 35.5. The number of hydrogen-bond acceptors (Lipinski definition) is 5. The van der Waals surface area contributed by atoms with Crippen molar-refractivity contribution < 1.29 is 9.63 Å². The predicted octanol–water partition coefficient (Wildman–Crippen LogP) is 5.04. The molecule has 4 nitrogen and oxygen atoms in total. The van der Waals surface area contributed by atoms with Gasteiger partial charge in [0.1, 0.15) is 4.88 Å². The van der Waals surface area contributed by atoms with Crippen molar-refractivity contribution in [2.24, 2.45) is 5.16 Å². The molecule has 0 bridgehead atoms. The van der Waals surface area contributed by atoms with Gasteiger partial charge >= 0.3 is 5.97 Å². The summed E-state index contributed by atoms with van der Waals surface area (Å²) >= 11 is 7.23. The van der Waals surface area contributed by atoms with E-state index in [0.717, 1.165) is 16.0 Å². The molecule has 0 aliphatic rings. The topological polar surface area (TPSA) is 51.5 Å². The van der Waals surface area contributed by atoms with Crippen molar-refractivity contribution in [3.8, 4) is 10.4 Å². The van der Waals surface area contributed by atoms with Gasteiger partial charge in [0.15, 0.2) is 0 Å². The molecule has 2 heterocycles. The van der Waals surface area contributed by atoms with Gasteiger partial charge in [0.25, 0.3) is 0 Å². The fraction of sp³-hybridized carbons (Fsp3) is 0.0556. The molecule has 120 valence electrons. The van der Waals surface area contributed by atoms with Crippen LogP contribution in [0.1, 0.15) is 22.2 Å². The van der Waals surface area contributed by atoms with Gasteiger partial charge in [-0.1, -0.05) is 28.9 Å². The summed E-state index contributed by atoms with van der Waals surface area (Å²) in [6, 6.07) is 14.7. The molecule has 0 spiro atoms. The van der Waals surface area contributed by atoms with E-state index in [2.05, 4.69) is 10.1 Å². The van der Waals surface area contributed by atoms with Crippen molar-refractivity contribution in [2.45, 2.75) is 6.92 Å². The molecule has 0 unspecified atom stereocenters. The second-order valence-electron chi connectivity index (χ2n) is 4.97. The number of thiophene rings is 1. The van der Waals surface area contributed by atoms with Gasteiger partial charge < -0.3 is 4.84 Å². The first-order valence-electron chi connectivity index (χ1n) is 7.15. The molecule has 0 N–H and O–H groups in total. The molecule has 0 atom stereocenters. The van der Waals surface area contributed by atoms with Crippen LogP contribution in [0.5, 0.6) is 0 Å². The molecule has 3 aromatic rings. The highest BCUT2D eigenvalue weighted by molar-refractivity contribution is 7.17. The van der Waals surface area contributed by atoms with Gasteiger partial charge in [0.05, 0.1) is 5.71 Å². The molecule has 0 amide bonds. The van der Waals surface area contributed by atoms with Gasteiger partial charge in [-0.2, -0.15) is 0 Å². The van der Waals surface area contributed by atoms with Crippen LogP contribution in [0, 0.1) is 0 Å². The van der Waals surface area contributed by atoms with Gasteiger partial charge in [0, 0.05) is 27.9 Å². The molecule has 24 heavy (non-hydrogen) atoms. The highest BCUT2D eigenvalue weighted by Crippen LogP contribution is 2.29. The van der Waals surface area contributed by atoms with Gasteiger partial charge in [-0.05, 0) is 48.9 Å². The zero-order chi connectivity index (χ0) is 16.9. The predicted molar refractivity (Wildman–Crippen MR) is 96.6 cm³/mol. The second kappa shape index (κ2) is 7.38. The number of halogens is 1. The fourth-order valence-corrected chi connectivity index (χ4v) is 3.01. The summed E-state index contributed by atoms with van der Waals surface area (Å²) in [6.45, 7) is 1.76. The monoisotopic (exact) mass is 356 g/mol. The number of benzene rings is 1. The molecule has 6 heteroatoms. The van der Waals surface area contributed by atoms with Gasteiger partial charge in [-0.3, -0.25) is 4.98 Å². The van der Waals surface area contributed by atoms with Crippen molar-refractivity contribution in [1.29, 1.82) is 0 Å². The summed E-state index contributed by atoms with van der Waals surface area (Å²) < 4.78 is 0. The Morgan fingerprint density at radius 3 is 2.67 bits per heavy atom. The van der Waals surface area contributed by atoms with Crippen molar-refractivity contribution in [2.75, 3.05) is 0 Å². The fourth-order valence-electron chi connectivity index (χ4n) is 2.00. The van der Waals surface area contributed by atoms with Crippen LogP contribution >= 0.6 is 22.9 Å². The molecule has 0 saturated heterocycles. The molecular weight excluding hydrogens is 344 g/mol. The van der Waals surface area contributed by atoms with E-state index in [1.807, 2.05) is 36.4 Å². The summed E-state index contributed by atoms with van der Waals surface area (Å²) in [6.07, 6.45) is 3.34. The van der Waals surface area contributed by atoms with Gasteiger partial charge in [-0.25, -0.2) is 4.79 Å². The van der Waals surface area contributed by atoms with Gasteiger partial charge in [0.2, 0.25) is 0 Å². The zero-order valence-electron chi connectivity index (χ0n) is 12.8. The van der Waals surface area contributed by atoms with Crippen molar-refractivity contribution >= 4 is 34.6 Å². The van der Waals surface area contributed by atoms with Crippen LogP contribution in [0.25, 0.3) is 10.4 Å².